The van der Waals surface area contributed by atoms with Gasteiger partial charge in [-0.3, -0.25) is 14.2 Å². The lowest BCUT2D eigenvalue weighted by molar-refractivity contribution is 0.100. The molecule has 0 aliphatic heterocycles. The zero-order chi connectivity index (χ0) is 25.9. The van der Waals surface area contributed by atoms with Gasteiger partial charge in [0.15, 0.2) is 11.5 Å². The van der Waals surface area contributed by atoms with Gasteiger partial charge < -0.3 is 11.5 Å². The van der Waals surface area contributed by atoms with Crippen molar-refractivity contribution < 1.29 is 4.79 Å². The predicted octanol–water partition coefficient (Wildman–Crippen LogP) is 3.73. The number of aromatic nitrogens is 4. The van der Waals surface area contributed by atoms with Crippen molar-refractivity contribution in [3.8, 4) is 17.5 Å². The highest BCUT2D eigenvalue weighted by molar-refractivity contribution is 6.03. The SMILES string of the molecule is CCc1cc2cccc(C#CC3CC3)c2c(=O)n1-c1ccccc1.NC(=O)c1c(N)nn2cccnc12. The highest BCUT2D eigenvalue weighted by atomic mass is 16.1. The molecule has 8 heteroatoms. The van der Waals surface area contributed by atoms with Crippen molar-refractivity contribution in [3.63, 3.8) is 0 Å². The molecule has 3 heterocycles. The first kappa shape index (κ1) is 23.8. The van der Waals surface area contributed by atoms with Gasteiger partial charge in [0.1, 0.15) is 5.56 Å². The van der Waals surface area contributed by atoms with Crippen LogP contribution in [0, 0.1) is 17.8 Å². The van der Waals surface area contributed by atoms with Crippen molar-refractivity contribution in [1.82, 2.24) is 19.2 Å². The molecule has 2 aromatic carbocycles. The lowest BCUT2D eigenvalue weighted by atomic mass is 10.0. The summed E-state index contributed by atoms with van der Waals surface area (Å²) in [5.41, 5.74) is 13.9. The number of aryl methyl sites for hydroxylation is 1. The van der Waals surface area contributed by atoms with Crippen molar-refractivity contribution in [2.75, 3.05) is 5.73 Å². The van der Waals surface area contributed by atoms with E-state index in [-0.39, 0.29) is 16.9 Å². The van der Waals surface area contributed by atoms with E-state index in [1.807, 2.05) is 53.1 Å². The molecule has 0 spiro atoms. The summed E-state index contributed by atoms with van der Waals surface area (Å²) in [6.45, 7) is 2.08. The van der Waals surface area contributed by atoms with E-state index in [1.54, 1.807) is 18.5 Å². The van der Waals surface area contributed by atoms with Gasteiger partial charge in [-0.25, -0.2) is 9.50 Å². The maximum Gasteiger partial charge on any atom is 0.264 e. The van der Waals surface area contributed by atoms with E-state index in [2.05, 4.69) is 34.9 Å². The number of nitrogens with two attached hydrogens (primary N) is 2. The number of nitrogens with zero attached hydrogens (tertiary/aromatic N) is 4. The topological polar surface area (TPSA) is 121 Å². The molecule has 37 heavy (non-hydrogen) atoms. The van der Waals surface area contributed by atoms with Crippen molar-refractivity contribution in [3.05, 3.63) is 100 Å². The zero-order valence-electron chi connectivity index (χ0n) is 20.4. The highest BCUT2D eigenvalue weighted by Crippen LogP contribution is 2.28. The van der Waals surface area contributed by atoms with Gasteiger partial charge in [0.05, 0.1) is 5.39 Å². The molecule has 6 rings (SSSR count). The van der Waals surface area contributed by atoms with Crippen LogP contribution in [0.15, 0.2) is 77.9 Å². The zero-order valence-corrected chi connectivity index (χ0v) is 20.4. The normalized spacial score (nSPS) is 12.5. The van der Waals surface area contributed by atoms with Gasteiger partial charge in [0.25, 0.3) is 11.5 Å². The Morgan fingerprint density at radius 3 is 2.59 bits per heavy atom. The summed E-state index contributed by atoms with van der Waals surface area (Å²) < 4.78 is 3.24. The lowest BCUT2D eigenvalue weighted by Crippen LogP contribution is -2.22. The number of fused-ring (bicyclic) bond motifs is 2. The van der Waals surface area contributed by atoms with Crippen LogP contribution in [0.25, 0.3) is 22.1 Å². The Labute approximate surface area is 213 Å². The number of anilines is 1. The van der Waals surface area contributed by atoms with E-state index in [1.165, 1.54) is 17.4 Å². The van der Waals surface area contributed by atoms with Crippen molar-refractivity contribution in [2.45, 2.75) is 26.2 Å². The fourth-order valence-electron chi connectivity index (χ4n) is 4.19. The number of carbonyl (C=O) groups excluding carboxylic acids is 1. The van der Waals surface area contributed by atoms with Gasteiger partial charge in [-0.05, 0) is 55.0 Å². The molecule has 0 saturated heterocycles. The molecular weight excluding hydrogens is 464 g/mol. The second kappa shape index (κ2) is 9.99. The van der Waals surface area contributed by atoms with Crippen LogP contribution >= 0.6 is 0 Å². The van der Waals surface area contributed by atoms with Gasteiger partial charge >= 0.3 is 0 Å². The molecule has 8 nitrogen and oxygen atoms in total. The molecule has 3 aromatic heterocycles. The third-order valence-corrected chi connectivity index (χ3v) is 6.16. The number of primary amides is 1. The number of benzene rings is 2. The standard InChI is InChI=1S/C22H19NO.C7H7N5O/c1-2-19-15-18-8-6-7-17(14-13-16-11-12-16)21(18)22(24)23(19)20-9-4-3-5-10-20;8-5-4(6(9)13)7-10-2-1-3-12(7)11-5/h3-10,15-16H,2,11-12H2,1H3;1-3H,(H2,8,11)(H2,9,13). The van der Waals surface area contributed by atoms with Gasteiger partial charge in [0.2, 0.25) is 0 Å². The van der Waals surface area contributed by atoms with Gasteiger partial charge in [-0.2, -0.15) is 0 Å². The number of amides is 1. The largest absolute Gasteiger partial charge is 0.381 e. The monoisotopic (exact) mass is 490 g/mol. The number of hydrogen-bond donors (Lipinski definition) is 2. The summed E-state index contributed by atoms with van der Waals surface area (Å²) in [4.78, 5) is 28.2. The Bertz CT molecular complexity index is 1740. The minimum atomic E-state index is -0.619. The maximum atomic E-state index is 13.3. The number of hydrogen-bond acceptors (Lipinski definition) is 5. The van der Waals surface area contributed by atoms with Crippen molar-refractivity contribution in [2.24, 2.45) is 11.7 Å². The summed E-state index contributed by atoms with van der Waals surface area (Å²) in [6, 6.07) is 19.6. The first-order chi connectivity index (χ1) is 18.0. The minimum absolute atomic E-state index is 0.0243. The summed E-state index contributed by atoms with van der Waals surface area (Å²) in [5.74, 6) is 6.53. The lowest BCUT2D eigenvalue weighted by Gasteiger charge is -2.14. The summed E-state index contributed by atoms with van der Waals surface area (Å²) in [7, 11) is 0. The maximum absolute atomic E-state index is 13.3. The van der Waals surface area contributed by atoms with Crippen LogP contribution in [0.1, 0.15) is 41.4 Å². The van der Waals surface area contributed by atoms with Crippen LogP contribution in [0.4, 0.5) is 5.82 Å². The molecule has 1 saturated carbocycles. The van der Waals surface area contributed by atoms with Crippen molar-refractivity contribution >= 4 is 28.1 Å². The average molecular weight is 491 g/mol. The smallest absolute Gasteiger partial charge is 0.264 e. The Morgan fingerprint density at radius 1 is 1.11 bits per heavy atom. The molecular formula is C29H26N6O2. The van der Waals surface area contributed by atoms with Crippen LogP contribution in [0.3, 0.4) is 0 Å². The molecule has 0 unspecified atom stereocenters. The Kier molecular flexibility index (Phi) is 6.43. The molecule has 1 aliphatic carbocycles. The highest BCUT2D eigenvalue weighted by Gasteiger charge is 2.18. The van der Waals surface area contributed by atoms with Crippen LogP contribution < -0.4 is 17.0 Å². The van der Waals surface area contributed by atoms with Crippen LogP contribution in [-0.2, 0) is 6.42 Å². The van der Waals surface area contributed by atoms with E-state index >= 15 is 0 Å². The van der Waals surface area contributed by atoms with E-state index in [0.717, 1.165) is 34.1 Å². The van der Waals surface area contributed by atoms with E-state index in [0.29, 0.717) is 11.6 Å². The quantitative estimate of drug-likeness (QED) is 0.373. The summed E-state index contributed by atoms with van der Waals surface area (Å²) in [5, 5.41) is 5.57. The van der Waals surface area contributed by atoms with Crippen LogP contribution in [-0.4, -0.2) is 25.1 Å². The third kappa shape index (κ3) is 4.80. The van der Waals surface area contributed by atoms with Crippen molar-refractivity contribution in [1.29, 1.82) is 0 Å². The molecule has 0 radical (unpaired) electrons. The Morgan fingerprint density at radius 2 is 1.89 bits per heavy atom. The number of nitrogen functional groups attached to an aromatic ring is 1. The van der Waals surface area contributed by atoms with E-state index in [4.69, 9.17) is 11.5 Å². The predicted molar refractivity (Wildman–Crippen MR) is 144 cm³/mol. The fraction of sp³-hybridized carbons (Fsp3) is 0.172. The minimum Gasteiger partial charge on any atom is -0.381 e. The molecule has 1 fully saturated rings. The fourth-order valence-corrected chi connectivity index (χ4v) is 4.19. The molecule has 4 N–H and O–H groups in total. The Hall–Kier alpha value is -4.90. The Balaban J connectivity index is 0.000000182. The molecule has 184 valence electrons. The number of pyridine rings is 1. The van der Waals surface area contributed by atoms with Gasteiger partial charge in [-0.15, -0.1) is 5.10 Å². The van der Waals surface area contributed by atoms with Gasteiger partial charge in [-0.1, -0.05) is 49.1 Å². The molecule has 0 bridgehead atoms. The summed E-state index contributed by atoms with van der Waals surface area (Å²) >= 11 is 0. The van der Waals surface area contributed by atoms with Crippen LogP contribution in [0.5, 0.6) is 0 Å². The molecule has 1 amide bonds. The van der Waals surface area contributed by atoms with E-state index < -0.39 is 5.91 Å². The average Bonchev–Trinajstić information content (AvgIpc) is 3.67. The number of carbonyl (C=O) groups is 1. The summed E-state index contributed by atoms with van der Waals surface area (Å²) in [6.07, 6.45) is 6.37. The molecule has 1 aliphatic rings. The second-order valence-corrected chi connectivity index (χ2v) is 8.79. The first-order valence-electron chi connectivity index (χ1n) is 12.1. The molecule has 5 aromatic rings. The third-order valence-electron chi connectivity index (χ3n) is 6.16. The number of rotatable bonds is 3. The van der Waals surface area contributed by atoms with Gasteiger partial charge in [0, 0.05) is 35.3 Å². The number of para-hydroxylation sites is 1. The van der Waals surface area contributed by atoms with E-state index in [9.17, 15) is 9.59 Å². The first-order valence-corrected chi connectivity index (χ1v) is 12.1. The van der Waals surface area contributed by atoms with Crippen LogP contribution in [0.2, 0.25) is 0 Å². The molecule has 0 atom stereocenters. The second-order valence-electron chi connectivity index (χ2n) is 8.79.